The highest BCUT2D eigenvalue weighted by molar-refractivity contribution is 7.90. The van der Waals surface area contributed by atoms with Crippen molar-refractivity contribution >= 4 is 15.9 Å². The van der Waals surface area contributed by atoms with E-state index < -0.39 is 33.9 Å². The quantitative estimate of drug-likeness (QED) is 0.740. The molecule has 1 heterocycles. The highest BCUT2D eigenvalue weighted by atomic mass is 32.2. The molecule has 10 heteroatoms. The molecule has 1 rings (SSSR count). The number of halogens is 3. The normalized spacial score (nSPS) is 22.2. The molecule has 1 aliphatic heterocycles. The number of nitrogens with one attached hydrogen (secondary N) is 1. The first kappa shape index (κ1) is 16.2. The van der Waals surface area contributed by atoms with Gasteiger partial charge in [-0.1, -0.05) is 0 Å². The molecular formula is C9H16F3N3O3S. The van der Waals surface area contributed by atoms with Crippen molar-refractivity contribution in [2.75, 3.05) is 26.2 Å². The number of hydrogen-bond acceptors (Lipinski definition) is 4. The molecule has 112 valence electrons. The standard InChI is InChI=1S/C9H16F3N3O3S/c10-9(11,12)19(17,18)15-5-1-2-7(6-15)8(16)14-4-3-13/h7H,1-6,13H2,(H,14,16). The summed E-state index contributed by atoms with van der Waals surface area (Å²) in [5.41, 5.74) is -0.141. The van der Waals surface area contributed by atoms with E-state index in [0.717, 1.165) is 0 Å². The Hall–Kier alpha value is -0.870. The zero-order chi connectivity index (χ0) is 14.7. The van der Waals surface area contributed by atoms with Gasteiger partial charge < -0.3 is 11.1 Å². The van der Waals surface area contributed by atoms with Gasteiger partial charge >= 0.3 is 15.5 Å². The Morgan fingerprint density at radius 1 is 1.42 bits per heavy atom. The Kier molecular flexibility index (Phi) is 5.16. The lowest BCUT2D eigenvalue weighted by Crippen LogP contribution is -2.49. The van der Waals surface area contributed by atoms with Crippen LogP contribution in [0.4, 0.5) is 13.2 Å². The number of hydrogen-bond donors (Lipinski definition) is 2. The van der Waals surface area contributed by atoms with Crippen molar-refractivity contribution in [3.05, 3.63) is 0 Å². The van der Waals surface area contributed by atoms with Gasteiger partial charge in [0.1, 0.15) is 0 Å². The first-order chi connectivity index (χ1) is 8.70. The lowest BCUT2D eigenvalue weighted by molar-refractivity contribution is -0.126. The maximum atomic E-state index is 12.4. The summed E-state index contributed by atoms with van der Waals surface area (Å²) >= 11 is 0. The zero-order valence-corrected chi connectivity index (χ0v) is 10.9. The van der Waals surface area contributed by atoms with Crippen LogP contribution in [0.25, 0.3) is 0 Å². The number of nitrogens with two attached hydrogens (primary N) is 1. The largest absolute Gasteiger partial charge is 0.511 e. The van der Waals surface area contributed by atoms with Crippen molar-refractivity contribution in [3.63, 3.8) is 0 Å². The van der Waals surface area contributed by atoms with Crippen molar-refractivity contribution in [3.8, 4) is 0 Å². The number of sulfonamides is 1. The van der Waals surface area contributed by atoms with E-state index in [1.165, 1.54) is 0 Å². The summed E-state index contributed by atoms with van der Waals surface area (Å²) in [7, 11) is -5.36. The van der Waals surface area contributed by atoms with Crippen molar-refractivity contribution in [1.29, 1.82) is 0 Å². The predicted octanol–water partition coefficient (Wildman–Crippen LogP) is -0.377. The Morgan fingerprint density at radius 2 is 2.05 bits per heavy atom. The number of piperidine rings is 1. The van der Waals surface area contributed by atoms with Crippen LogP contribution in [0.5, 0.6) is 0 Å². The number of carbonyl (C=O) groups is 1. The molecule has 0 radical (unpaired) electrons. The third-order valence-electron chi connectivity index (χ3n) is 2.83. The fraction of sp³-hybridized carbons (Fsp3) is 0.889. The molecule has 1 atom stereocenters. The van der Waals surface area contributed by atoms with Gasteiger partial charge in [-0.05, 0) is 12.8 Å². The van der Waals surface area contributed by atoms with E-state index >= 15 is 0 Å². The van der Waals surface area contributed by atoms with Gasteiger partial charge in [0.2, 0.25) is 5.91 Å². The number of rotatable bonds is 4. The van der Waals surface area contributed by atoms with Crippen LogP contribution in [0, 0.1) is 5.92 Å². The Balaban J connectivity index is 2.73. The van der Waals surface area contributed by atoms with Crippen molar-refractivity contribution in [2.24, 2.45) is 11.7 Å². The van der Waals surface area contributed by atoms with Crippen LogP contribution < -0.4 is 11.1 Å². The summed E-state index contributed by atoms with van der Waals surface area (Å²) in [5, 5.41) is 2.45. The Labute approximate surface area is 109 Å². The second-order valence-electron chi connectivity index (χ2n) is 4.23. The third kappa shape index (κ3) is 3.80. The molecule has 1 amide bonds. The molecule has 0 spiro atoms. The second-order valence-corrected chi connectivity index (χ2v) is 6.16. The van der Waals surface area contributed by atoms with Gasteiger partial charge in [-0.3, -0.25) is 4.79 Å². The molecule has 1 unspecified atom stereocenters. The predicted molar refractivity (Wildman–Crippen MR) is 61.3 cm³/mol. The van der Waals surface area contributed by atoms with E-state index in [1.54, 1.807) is 0 Å². The summed E-state index contributed by atoms with van der Waals surface area (Å²) in [6, 6.07) is 0. The maximum absolute atomic E-state index is 12.4. The minimum atomic E-state index is -5.36. The molecule has 0 aromatic heterocycles. The molecule has 3 N–H and O–H groups in total. The summed E-state index contributed by atoms with van der Waals surface area (Å²) in [6.07, 6.45) is 0.580. The number of amides is 1. The van der Waals surface area contributed by atoms with E-state index in [-0.39, 0.29) is 26.1 Å². The van der Waals surface area contributed by atoms with E-state index in [2.05, 4.69) is 5.32 Å². The minimum absolute atomic E-state index is 0.210. The van der Waals surface area contributed by atoms with Gasteiger partial charge in [0.25, 0.3) is 0 Å². The van der Waals surface area contributed by atoms with Crippen molar-refractivity contribution < 1.29 is 26.4 Å². The second kappa shape index (κ2) is 6.06. The average molecular weight is 303 g/mol. The van der Waals surface area contributed by atoms with Crippen LogP contribution >= 0.6 is 0 Å². The van der Waals surface area contributed by atoms with Crippen LogP contribution in [0.1, 0.15) is 12.8 Å². The van der Waals surface area contributed by atoms with Gasteiger partial charge in [0.05, 0.1) is 5.92 Å². The van der Waals surface area contributed by atoms with Gasteiger partial charge in [-0.2, -0.15) is 17.5 Å². The van der Waals surface area contributed by atoms with E-state index in [9.17, 15) is 26.4 Å². The molecule has 0 aliphatic carbocycles. The molecule has 6 nitrogen and oxygen atoms in total. The van der Waals surface area contributed by atoms with Crippen LogP contribution in [0.15, 0.2) is 0 Å². The summed E-state index contributed by atoms with van der Waals surface area (Å²) < 4.78 is 60.0. The first-order valence-corrected chi connectivity index (χ1v) is 7.18. The lowest BCUT2D eigenvalue weighted by atomic mass is 9.99. The highest BCUT2D eigenvalue weighted by Crippen LogP contribution is 2.30. The molecule has 1 fully saturated rings. The zero-order valence-electron chi connectivity index (χ0n) is 10.1. The molecule has 0 aromatic rings. The Morgan fingerprint density at radius 3 is 2.58 bits per heavy atom. The number of alkyl halides is 3. The number of nitrogens with zero attached hydrogens (tertiary/aromatic N) is 1. The molecule has 0 saturated carbocycles. The smallest absolute Gasteiger partial charge is 0.355 e. The lowest BCUT2D eigenvalue weighted by Gasteiger charge is -2.31. The van der Waals surface area contributed by atoms with Gasteiger partial charge in [0.15, 0.2) is 0 Å². The molecule has 1 saturated heterocycles. The van der Waals surface area contributed by atoms with Gasteiger partial charge in [0, 0.05) is 26.2 Å². The molecule has 19 heavy (non-hydrogen) atoms. The van der Waals surface area contributed by atoms with Crippen molar-refractivity contribution in [1.82, 2.24) is 9.62 Å². The van der Waals surface area contributed by atoms with Crippen LogP contribution in [-0.2, 0) is 14.8 Å². The molecule has 0 aromatic carbocycles. The Bertz CT molecular complexity index is 424. The minimum Gasteiger partial charge on any atom is -0.355 e. The fourth-order valence-corrected chi connectivity index (χ4v) is 2.90. The third-order valence-corrected chi connectivity index (χ3v) is 4.43. The van der Waals surface area contributed by atoms with Crippen molar-refractivity contribution in [2.45, 2.75) is 18.3 Å². The summed E-state index contributed by atoms with van der Waals surface area (Å²) in [6.45, 7) is -0.245. The highest BCUT2D eigenvalue weighted by Gasteiger charge is 2.51. The molecular weight excluding hydrogens is 287 g/mol. The summed E-state index contributed by atoms with van der Waals surface area (Å²) in [4.78, 5) is 11.6. The first-order valence-electron chi connectivity index (χ1n) is 5.74. The van der Waals surface area contributed by atoms with Crippen LogP contribution in [-0.4, -0.2) is 50.3 Å². The van der Waals surface area contributed by atoms with Crippen LogP contribution in [0.3, 0.4) is 0 Å². The van der Waals surface area contributed by atoms with Crippen LogP contribution in [0.2, 0.25) is 0 Å². The SMILES string of the molecule is NCCNC(=O)C1CCCN(S(=O)(=O)C(F)(F)F)C1. The fourth-order valence-electron chi connectivity index (χ4n) is 1.86. The monoisotopic (exact) mass is 303 g/mol. The maximum Gasteiger partial charge on any atom is 0.511 e. The van der Waals surface area contributed by atoms with E-state index in [1.807, 2.05) is 0 Å². The number of carbonyl (C=O) groups excluding carboxylic acids is 1. The summed E-state index contributed by atoms with van der Waals surface area (Å²) in [5.74, 6) is -1.23. The van der Waals surface area contributed by atoms with E-state index in [4.69, 9.17) is 5.73 Å². The molecule has 0 bridgehead atoms. The average Bonchev–Trinajstić information content (AvgIpc) is 2.34. The topological polar surface area (TPSA) is 92.5 Å². The van der Waals surface area contributed by atoms with Gasteiger partial charge in [-0.25, -0.2) is 8.42 Å². The van der Waals surface area contributed by atoms with Gasteiger partial charge in [-0.15, -0.1) is 0 Å². The van der Waals surface area contributed by atoms with E-state index in [0.29, 0.717) is 10.7 Å². The molecule has 1 aliphatic rings.